The highest BCUT2D eigenvalue weighted by atomic mass is 32.2. The smallest absolute Gasteiger partial charge is 0.264 e. The highest BCUT2D eigenvalue weighted by Crippen LogP contribution is 2.45. The van der Waals surface area contributed by atoms with Crippen LogP contribution in [0.5, 0.6) is 5.88 Å². The number of aromatic nitrogens is 3. The van der Waals surface area contributed by atoms with Crippen molar-refractivity contribution in [1.29, 1.82) is 0 Å². The van der Waals surface area contributed by atoms with Gasteiger partial charge < -0.3 is 14.5 Å². The molecule has 1 atom stereocenters. The topological polar surface area (TPSA) is 118 Å². The maximum atomic E-state index is 14.5. The lowest BCUT2D eigenvalue weighted by Crippen LogP contribution is -2.45. The number of benzene rings is 2. The number of hydrogen-bond acceptors (Lipinski definition) is 8. The number of aryl methyl sites for hydroxylation is 2. The van der Waals surface area contributed by atoms with Gasteiger partial charge in [-0.3, -0.25) is 4.79 Å². The van der Waals surface area contributed by atoms with Crippen LogP contribution in [-0.4, -0.2) is 60.4 Å². The normalized spacial score (nSPS) is 18.3. The van der Waals surface area contributed by atoms with Gasteiger partial charge in [-0.05, 0) is 85.4 Å². The third-order valence-electron chi connectivity index (χ3n) is 9.27. The van der Waals surface area contributed by atoms with Gasteiger partial charge in [-0.15, -0.1) is 0 Å². The monoisotopic (exact) mass is 682 g/mol. The summed E-state index contributed by atoms with van der Waals surface area (Å²) in [6, 6.07) is 19.3. The number of carbonyl (C=O) groups excluding carboxylic acids is 1. The van der Waals surface area contributed by atoms with Crippen LogP contribution in [-0.2, 0) is 16.6 Å². The number of ether oxygens (including phenoxy) is 1. The number of sulfonamides is 1. The van der Waals surface area contributed by atoms with Gasteiger partial charge in [0.2, 0.25) is 11.8 Å². The van der Waals surface area contributed by atoms with Gasteiger partial charge in [0.1, 0.15) is 12.4 Å². The van der Waals surface area contributed by atoms with Crippen molar-refractivity contribution in [3.63, 3.8) is 0 Å². The Bertz CT molecular complexity index is 1970. The molecule has 1 aliphatic carbocycles. The summed E-state index contributed by atoms with van der Waals surface area (Å²) in [6.45, 7) is 13.9. The number of rotatable bonds is 7. The Morgan fingerprint density at radius 3 is 2.37 bits per heavy atom. The first-order valence-corrected chi connectivity index (χ1v) is 18.3. The molecule has 1 N–H and O–H groups in total. The van der Waals surface area contributed by atoms with E-state index in [-0.39, 0.29) is 46.8 Å². The van der Waals surface area contributed by atoms with E-state index in [0.29, 0.717) is 17.5 Å². The average molecular weight is 683 g/mol. The minimum absolute atomic E-state index is 0.0659. The minimum Gasteiger partial charge on any atom is -0.475 e. The number of fused-ring (bicyclic) bond motifs is 4. The molecule has 1 saturated carbocycles. The summed E-state index contributed by atoms with van der Waals surface area (Å²) < 4.78 is 36.4. The zero-order valence-electron chi connectivity index (χ0n) is 29.4. The minimum atomic E-state index is -4.16. The van der Waals surface area contributed by atoms with Gasteiger partial charge in [0, 0.05) is 30.8 Å². The standard InChI is InChI=1S/C38H46N6O4S/c1-25-11-8-12-26(2)34(25)31-20-33-41-36(40-31)42-49(46,47)30-15-9-13-27(19-30)35(45)44(29(23-48-33)21-37(3,4)5)22-28-14-10-16-32(39-28)43(7)24-38(6)17-18-38/h8-16,19-20,29H,17-18,21-24H2,1-7H3,(H,40,41,42)/t29-/m1/s1. The van der Waals surface area contributed by atoms with E-state index >= 15 is 0 Å². The molecular weight excluding hydrogens is 637 g/mol. The van der Waals surface area contributed by atoms with Crippen LogP contribution >= 0.6 is 0 Å². The Labute approximate surface area is 290 Å². The van der Waals surface area contributed by atoms with Crippen LogP contribution in [0.2, 0.25) is 0 Å². The maximum absolute atomic E-state index is 14.5. The fraction of sp³-hybridized carbons (Fsp3) is 0.421. The molecule has 2 aliphatic rings. The molecule has 0 unspecified atom stereocenters. The van der Waals surface area contributed by atoms with E-state index in [1.807, 2.05) is 50.2 Å². The summed E-state index contributed by atoms with van der Waals surface area (Å²) in [5.41, 5.74) is 4.49. The highest BCUT2D eigenvalue weighted by molar-refractivity contribution is 7.92. The molecule has 258 valence electrons. The number of hydrogen-bond donors (Lipinski definition) is 1. The molecule has 10 nitrogen and oxygen atoms in total. The molecule has 11 heteroatoms. The molecule has 4 aromatic rings. The van der Waals surface area contributed by atoms with Crippen LogP contribution in [0, 0.1) is 24.7 Å². The Kier molecular flexibility index (Phi) is 9.17. The number of carbonyl (C=O) groups is 1. The predicted molar refractivity (Wildman–Crippen MR) is 192 cm³/mol. The fourth-order valence-corrected chi connectivity index (χ4v) is 7.50. The zero-order valence-corrected chi connectivity index (χ0v) is 30.3. The lowest BCUT2D eigenvalue weighted by molar-refractivity contribution is 0.0509. The summed E-state index contributed by atoms with van der Waals surface area (Å²) in [4.78, 5) is 32.5. The molecule has 1 fully saturated rings. The third-order valence-corrected chi connectivity index (χ3v) is 10.6. The Morgan fingerprint density at radius 2 is 1.67 bits per heavy atom. The van der Waals surface area contributed by atoms with Crippen molar-refractivity contribution in [2.24, 2.45) is 10.8 Å². The van der Waals surface area contributed by atoms with E-state index in [1.54, 1.807) is 23.1 Å². The van der Waals surface area contributed by atoms with Crippen LogP contribution in [0.25, 0.3) is 11.3 Å². The summed E-state index contributed by atoms with van der Waals surface area (Å²) in [7, 11) is -2.11. The van der Waals surface area contributed by atoms with Gasteiger partial charge in [-0.1, -0.05) is 58.0 Å². The second kappa shape index (κ2) is 13.1. The van der Waals surface area contributed by atoms with Crippen LogP contribution in [0.4, 0.5) is 11.8 Å². The van der Waals surface area contributed by atoms with Gasteiger partial charge in [-0.2, -0.15) is 4.98 Å². The summed E-state index contributed by atoms with van der Waals surface area (Å²) in [5, 5.41) is 0. The van der Waals surface area contributed by atoms with Crippen molar-refractivity contribution in [1.82, 2.24) is 19.9 Å². The van der Waals surface area contributed by atoms with Crippen LogP contribution in [0.3, 0.4) is 0 Å². The predicted octanol–water partition coefficient (Wildman–Crippen LogP) is 7.03. The maximum Gasteiger partial charge on any atom is 0.264 e. The lowest BCUT2D eigenvalue weighted by Gasteiger charge is -2.35. The second-order valence-electron chi connectivity index (χ2n) is 15.1. The van der Waals surface area contributed by atoms with E-state index < -0.39 is 16.1 Å². The quantitative estimate of drug-likeness (QED) is 0.221. The number of nitrogens with one attached hydrogen (secondary N) is 1. The van der Waals surface area contributed by atoms with E-state index in [2.05, 4.69) is 54.3 Å². The first kappa shape index (κ1) is 34.4. The Morgan fingerprint density at radius 1 is 0.980 bits per heavy atom. The van der Waals surface area contributed by atoms with Gasteiger partial charge in [0.25, 0.3) is 15.9 Å². The van der Waals surface area contributed by atoms with Crippen LogP contribution in [0.15, 0.2) is 71.6 Å². The van der Waals surface area contributed by atoms with E-state index in [4.69, 9.17) is 9.72 Å². The molecule has 49 heavy (non-hydrogen) atoms. The van der Waals surface area contributed by atoms with E-state index in [1.165, 1.54) is 25.0 Å². The van der Waals surface area contributed by atoms with Gasteiger partial charge in [-0.25, -0.2) is 23.1 Å². The first-order valence-electron chi connectivity index (χ1n) is 16.8. The van der Waals surface area contributed by atoms with Crippen molar-refractivity contribution in [3.8, 4) is 17.1 Å². The van der Waals surface area contributed by atoms with E-state index in [0.717, 1.165) is 34.7 Å². The molecule has 1 aliphatic heterocycles. The van der Waals surface area contributed by atoms with E-state index in [9.17, 15) is 13.2 Å². The Balaban J connectivity index is 1.45. The molecule has 1 amide bonds. The molecule has 4 bridgehead atoms. The van der Waals surface area contributed by atoms with Gasteiger partial charge in [0.15, 0.2) is 0 Å². The molecule has 0 saturated heterocycles. The number of amides is 1. The Hall–Kier alpha value is -4.51. The van der Waals surface area contributed by atoms with Gasteiger partial charge in [0.05, 0.1) is 28.9 Å². The highest BCUT2D eigenvalue weighted by Gasteiger charge is 2.38. The molecule has 2 aromatic heterocycles. The number of nitrogens with zero attached hydrogens (tertiary/aromatic N) is 5. The first-order chi connectivity index (χ1) is 23.1. The SMILES string of the molecule is Cc1cccc(C)c1-c1cc2nc(n1)NS(=O)(=O)c1cccc(c1)C(=O)N(Cc1cccc(N(C)CC3(C)CC3)n1)[C@H](CC(C)(C)C)CO2. The van der Waals surface area contributed by atoms with Crippen molar-refractivity contribution < 1.29 is 17.9 Å². The molecule has 3 heterocycles. The molecular formula is C38H46N6O4S. The third kappa shape index (κ3) is 8.04. The fourth-order valence-electron chi connectivity index (χ4n) is 6.51. The van der Waals surface area contributed by atoms with Crippen molar-refractivity contribution in [2.75, 3.05) is 29.8 Å². The zero-order chi connectivity index (χ0) is 35.1. The van der Waals surface area contributed by atoms with Crippen molar-refractivity contribution in [2.45, 2.75) is 78.3 Å². The second-order valence-corrected chi connectivity index (χ2v) is 16.8. The van der Waals surface area contributed by atoms with Crippen LogP contribution in [0.1, 0.15) is 74.1 Å². The summed E-state index contributed by atoms with van der Waals surface area (Å²) in [6.07, 6.45) is 3.02. The summed E-state index contributed by atoms with van der Waals surface area (Å²) >= 11 is 0. The molecule has 0 spiro atoms. The molecule has 0 radical (unpaired) electrons. The van der Waals surface area contributed by atoms with Crippen molar-refractivity contribution >= 4 is 27.7 Å². The number of anilines is 2. The van der Waals surface area contributed by atoms with Crippen molar-refractivity contribution in [3.05, 3.63) is 89.1 Å². The molecule has 6 rings (SSSR count). The molecule has 2 aromatic carbocycles. The van der Waals surface area contributed by atoms with Gasteiger partial charge >= 0.3 is 0 Å². The largest absolute Gasteiger partial charge is 0.475 e. The van der Waals surface area contributed by atoms with Crippen LogP contribution < -0.4 is 14.4 Å². The summed E-state index contributed by atoms with van der Waals surface area (Å²) in [5.74, 6) is 0.631. The average Bonchev–Trinajstić information content (AvgIpc) is 3.76. The lowest BCUT2D eigenvalue weighted by atomic mass is 9.87. The number of pyridine rings is 1.